The second-order valence-corrected chi connectivity index (χ2v) is 7.31. The Labute approximate surface area is 171 Å². The van der Waals surface area contributed by atoms with E-state index in [0.717, 1.165) is 5.69 Å². The van der Waals surface area contributed by atoms with Crippen LogP contribution in [0.25, 0.3) is 0 Å². The Morgan fingerprint density at radius 1 is 0.931 bits per heavy atom. The van der Waals surface area contributed by atoms with Crippen molar-refractivity contribution in [3.8, 4) is 5.75 Å². The minimum Gasteiger partial charge on any atom is -0.489 e. The Hall–Kier alpha value is -3.41. The van der Waals surface area contributed by atoms with Crippen molar-refractivity contribution in [1.82, 2.24) is 9.97 Å². The molecule has 6 nitrogen and oxygen atoms in total. The Balaban J connectivity index is 1.66. The zero-order valence-corrected chi connectivity index (χ0v) is 17.1. The van der Waals surface area contributed by atoms with Gasteiger partial charge in [-0.2, -0.15) is 0 Å². The molecule has 1 amide bonds. The first kappa shape index (κ1) is 20.3. The number of benzene rings is 2. The van der Waals surface area contributed by atoms with Crippen molar-refractivity contribution in [2.45, 2.75) is 39.7 Å². The number of hydrogen-bond donors (Lipinski definition) is 2. The van der Waals surface area contributed by atoms with Crippen molar-refractivity contribution < 1.29 is 9.53 Å². The van der Waals surface area contributed by atoms with Gasteiger partial charge >= 0.3 is 0 Å². The number of ether oxygens (including phenoxy) is 1. The quantitative estimate of drug-likeness (QED) is 0.566. The van der Waals surface area contributed by atoms with E-state index >= 15 is 0 Å². The summed E-state index contributed by atoms with van der Waals surface area (Å²) in [7, 11) is 0. The Morgan fingerprint density at radius 2 is 1.59 bits per heavy atom. The summed E-state index contributed by atoms with van der Waals surface area (Å²) in [6.45, 7) is 8.19. The second-order valence-electron chi connectivity index (χ2n) is 7.31. The van der Waals surface area contributed by atoms with E-state index in [1.165, 1.54) is 18.0 Å². The lowest BCUT2D eigenvalue weighted by Gasteiger charge is -2.14. The average molecular weight is 390 g/mol. The van der Waals surface area contributed by atoms with Crippen LogP contribution in [0.4, 0.5) is 17.3 Å². The van der Waals surface area contributed by atoms with Crippen LogP contribution in [0.15, 0.2) is 60.9 Å². The largest absolute Gasteiger partial charge is 0.489 e. The zero-order chi connectivity index (χ0) is 20.8. The number of aromatic nitrogens is 2. The van der Waals surface area contributed by atoms with Gasteiger partial charge in [0.05, 0.1) is 17.4 Å². The van der Waals surface area contributed by atoms with Crippen molar-refractivity contribution >= 4 is 23.2 Å². The molecule has 0 bridgehead atoms. The molecule has 0 atom stereocenters. The first-order chi connectivity index (χ1) is 13.9. The smallest absolute Gasteiger partial charge is 0.258 e. The van der Waals surface area contributed by atoms with E-state index in [1.54, 1.807) is 6.07 Å². The molecule has 6 heteroatoms. The van der Waals surface area contributed by atoms with Crippen LogP contribution < -0.4 is 15.4 Å². The van der Waals surface area contributed by atoms with Crippen molar-refractivity contribution in [2.75, 3.05) is 10.6 Å². The van der Waals surface area contributed by atoms with Gasteiger partial charge in [0.25, 0.3) is 5.91 Å². The molecule has 3 aromatic rings. The summed E-state index contributed by atoms with van der Waals surface area (Å²) >= 11 is 0. The summed E-state index contributed by atoms with van der Waals surface area (Å²) in [5.74, 6) is 1.24. The standard InChI is InChI=1S/C23H26N4O2/c1-15(2)17-9-11-19(12-10-17)26-23-24-13-18(14-25-23)22(28)27-20-7-5-6-8-21(20)29-16(3)4/h5-16H,1-4H3,(H,27,28)(H,24,25,26). The maximum Gasteiger partial charge on any atom is 0.258 e. The minimum atomic E-state index is -0.294. The summed E-state index contributed by atoms with van der Waals surface area (Å²) in [4.78, 5) is 21.1. The fraction of sp³-hybridized carbons (Fsp3) is 0.261. The lowest BCUT2D eigenvalue weighted by Crippen LogP contribution is -2.15. The fourth-order valence-electron chi connectivity index (χ4n) is 2.71. The molecule has 0 radical (unpaired) electrons. The summed E-state index contributed by atoms with van der Waals surface area (Å²) in [5, 5.41) is 6.00. The highest BCUT2D eigenvalue weighted by molar-refractivity contribution is 6.04. The van der Waals surface area contributed by atoms with E-state index in [0.29, 0.717) is 28.9 Å². The number of nitrogens with one attached hydrogen (secondary N) is 2. The maximum absolute atomic E-state index is 12.6. The lowest BCUT2D eigenvalue weighted by molar-refractivity contribution is 0.102. The molecule has 2 aromatic carbocycles. The highest BCUT2D eigenvalue weighted by atomic mass is 16.5. The molecular formula is C23H26N4O2. The third-order valence-corrected chi connectivity index (χ3v) is 4.25. The van der Waals surface area contributed by atoms with Gasteiger partial charge in [-0.1, -0.05) is 38.1 Å². The number of carbonyl (C=O) groups is 1. The molecule has 0 aliphatic heterocycles. The number of nitrogens with zero attached hydrogens (tertiary/aromatic N) is 2. The van der Waals surface area contributed by atoms with Gasteiger partial charge in [-0.05, 0) is 49.6 Å². The molecule has 0 unspecified atom stereocenters. The van der Waals surface area contributed by atoms with Crippen LogP contribution in [0.1, 0.15) is 49.5 Å². The molecule has 29 heavy (non-hydrogen) atoms. The van der Waals surface area contributed by atoms with Gasteiger partial charge < -0.3 is 15.4 Å². The monoisotopic (exact) mass is 390 g/mol. The van der Waals surface area contributed by atoms with Crippen LogP contribution in [0.3, 0.4) is 0 Å². The van der Waals surface area contributed by atoms with E-state index < -0.39 is 0 Å². The molecule has 1 heterocycles. The van der Waals surface area contributed by atoms with Gasteiger partial charge in [0.2, 0.25) is 5.95 Å². The maximum atomic E-state index is 12.6. The van der Waals surface area contributed by atoms with E-state index in [9.17, 15) is 4.79 Å². The van der Waals surface area contributed by atoms with Crippen LogP contribution in [-0.2, 0) is 0 Å². The van der Waals surface area contributed by atoms with Crippen molar-refractivity contribution in [3.05, 3.63) is 72.1 Å². The van der Waals surface area contributed by atoms with E-state index in [4.69, 9.17) is 4.74 Å². The lowest BCUT2D eigenvalue weighted by atomic mass is 10.0. The van der Waals surface area contributed by atoms with Gasteiger partial charge in [-0.25, -0.2) is 9.97 Å². The van der Waals surface area contributed by atoms with E-state index in [2.05, 4.69) is 46.6 Å². The molecule has 0 saturated carbocycles. The van der Waals surface area contributed by atoms with Crippen LogP contribution in [-0.4, -0.2) is 22.0 Å². The van der Waals surface area contributed by atoms with Crippen molar-refractivity contribution in [2.24, 2.45) is 0 Å². The molecule has 0 aliphatic carbocycles. The highest BCUT2D eigenvalue weighted by Crippen LogP contribution is 2.25. The molecule has 0 saturated heterocycles. The van der Waals surface area contributed by atoms with Gasteiger partial charge in [0, 0.05) is 18.1 Å². The third kappa shape index (κ3) is 5.54. The van der Waals surface area contributed by atoms with Crippen molar-refractivity contribution in [3.63, 3.8) is 0 Å². The Kier molecular flexibility index (Phi) is 6.44. The predicted molar refractivity (Wildman–Crippen MR) is 116 cm³/mol. The fourth-order valence-corrected chi connectivity index (χ4v) is 2.71. The number of rotatable bonds is 7. The SMILES string of the molecule is CC(C)Oc1ccccc1NC(=O)c1cnc(Nc2ccc(C(C)C)cc2)nc1. The first-order valence-corrected chi connectivity index (χ1v) is 9.68. The van der Waals surface area contributed by atoms with E-state index in [-0.39, 0.29) is 12.0 Å². The summed E-state index contributed by atoms with van der Waals surface area (Å²) < 4.78 is 5.73. The molecule has 0 spiro atoms. The first-order valence-electron chi connectivity index (χ1n) is 9.68. The number of carbonyl (C=O) groups excluding carboxylic acids is 1. The van der Waals surface area contributed by atoms with Crippen LogP contribution in [0, 0.1) is 0 Å². The number of anilines is 3. The Bertz CT molecular complexity index is 951. The molecule has 1 aromatic heterocycles. The highest BCUT2D eigenvalue weighted by Gasteiger charge is 2.12. The molecule has 2 N–H and O–H groups in total. The molecule has 3 rings (SSSR count). The molecule has 0 aliphatic rings. The number of amides is 1. The van der Waals surface area contributed by atoms with Gasteiger partial charge in [0.15, 0.2) is 0 Å². The predicted octanol–water partition coefficient (Wildman–Crippen LogP) is 5.38. The van der Waals surface area contributed by atoms with Crippen LogP contribution >= 0.6 is 0 Å². The normalized spacial score (nSPS) is 10.8. The number of para-hydroxylation sites is 2. The van der Waals surface area contributed by atoms with Gasteiger partial charge in [-0.3, -0.25) is 4.79 Å². The van der Waals surface area contributed by atoms with Crippen molar-refractivity contribution in [1.29, 1.82) is 0 Å². The summed E-state index contributed by atoms with van der Waals surface area (Å²) in [5.41, 5.74) is 3.14. The topological polar surface area (TPSA) is 76.1 Å². The summed E-state index contributed by atoms with van der Waals surface area (Å²) in [6, 6.07) is 15.5. The van der Waals surface area contributed by atoms with E-state index in [1.807, 2.05) is 44.2 Å². The number of hydrogen-bond acceptors (Lipinski definition) is 5. The minimum absolute atomic E-state index is 0.0105. The zero-order valence-electron chi connectivity index (χ0n) is 17.1. The summed E-state index contributed by atoms with van der Waals surface area (Å²) in [6.07, 6.45) is 3.01. The Morgan fingerprint density at radius 3 is 2.21 bits per heavy atom. The van der Waals surface area contributed by atoms with Crippen LogP contribution in [0.5, 0.6) is 5.75 Å². The van der Waals surface area contributed by atoms with Gasteiger partial charge in [0.1, 0.15) is 5.75 Å². The third-order valence-electron chi connectivity index (χ3n) is 4.25. The average Bonchev–Trinajstić information content (AvgIpc) is 2.70. The second kappa shape index (κ2) is 9.19. The van der Waals surface area contributed by atoms with Gasteiger partial charge in [-0.15, -0.1) is 0 Å². The molecule has 0 fully saturated rings. The molecule has 150 valence electrons. The molecular weight excluding hydrogens is 364 g/mol. The van der Waals surface area contributed by atoms with Crippen LogP contribution in [0.2, 0.25) is 0 Å².